The van der Waals surface area contributed by atoms with Crippen LogP contribution in [0.25, 0.3) is 0 Å². The number of likely N-dealkylation sites (N-methyl/N-ethyl adjacent to an activating group) is 1. The molecule has 3 aliphatic rings. The smallest absolute Gasteiger partial charge is 0.254 e. The first-order valence-corrected chi connectivity index (χ1v) is 13.4. The molecule has 2 fully saturated rings. The molecule has 182 valence electrons. The average molecular weight is 486 g/mol. The Balaban J connectivity index is 1.38. The van der Waals surface area contributed by atoms with Crippen LogP contribution >= 0.6 is 0 Å². The zero-order valence-corrected chi connectivity index (χ0v) is 20.3. The molecule has 3 aliphatic heterocycles. The van der Waals surface area contributed by atoms with E-state index in [0.717, 1.165) is 36.3 Å². The van der Waals surface area contributed by atoms with Crippen molar-refractivity contribution in [2.24, 2.45) is 0 Å². The van der Waals surface area contributed by atoms with Gasteiger partial charge in [-0.15, -0.1) is 0 Å². The molecule has 0 spiro atoms. The molecule has 2 aromatic rings. The van der Waals surface area contributed by atoms with E-state index < -0.39 is 10.0 Å². The van der Waals surface area contributed by atoms with Crippen LogP contribution < -0.4 is 9.47 Å². The fraction of sp³-hybridized carbons (Fsp3) is 0.480. The molecule has 0 aromatic heterocycles. The minimum atomic E-state index is -3.64. The molecule has 0 bridgehead atoms. The standard InChI is InChI=1S/C25H31N3O5S/c1-26-11-13-27(14-12-26)34(30,31)21-6-2-5-20(17-21)25(29)28-10-3-7-22(28)19-8-9-23-24(18-19)33-16-4-15-32-23/h2,5-6,8-9,17-18,22H,3-4,7,10-16H2,1H3. The van der Waals surface area contributed by atoms with Crippen molar-refractivity contribution in [3.63, 3.8) is 0 Å². The quantitative estimate of drug-likeness (QED) is 0.663. The normalized spacial score (nSPS) is 21.9. The summed E-state index contributed by atoms with van der Waals surface area (Å²) in [6.07, 6.45) is 2.58. The summed E-state index contributed by atoms with van der Waals surface area (Å²) >= 11 is 0. The lowest BCUT2D eigenvalue weighted by Gasteiger charge is -2.31. The van der Waals surface area contributed by atoms with Gasteiger partial charge in [-0.2, -0.15) is 4.31 Å². The van der Waals surface area contributed by atoms with Crippen molar-refractivity contribution in [3.05, 3.63) is 53.6 Å². The maximum atomic E-state index is 13.5. The van der Waals surface area contributed by atoms with Crippen LogP contribution in [0, 0.1) is 0 Å². The largest absolute Gasteiger partial charge is 0.490 e. The number of hydrogen-bond donors (Lipinski definition) is 0. The Bertz CT molecular complexity index is 1160. The van der Waals surface area contributed by atoms with Gasteiger partial charge in [0.25, 0.3) is 5.91 Å². The molecular weight excluding hydrogens is 454 g/mol. The van der Waals surface area contributed by atoms with Crippen LogP contribution in [0.1, 0.15) is 41.2 Å². The summed E-state index contributed by atoms with van der Waals surface area (Å²) in [6, 6.07) is 12.3. The zero-order chi connectivity index (χ0) is 23.7. The van der Waals surface area contributed by atoms with Crippen molar-refractivity contribution in [1.29, 1.82) is 0 Å². The number of likely N-dealkylation sites (tertiary alicyclic amines) is 1. The Hall–Kier alpha value is -2.62. The molecule has 8 nitrogen and oxygen atoms in total. The first kappa shape index (κ1) is 23.1. The van der Waals surface area contributed by atoms with E-state index in [1.54, 1.807) is 18.2 Å². The number of sulfonamides is 1. The van der Waals surface area contributed by atoms with Crippen LogP contribution in [0.3, 0.4) is 0 Å². The highest BCUT2D eigenvalue weighted by Gasteiger charge is 2.33. The second-order valence-corrected chi connectivity index (χ2v) is 11.1. The van der Waals surface area contributed by atoms with Crippen LogP contribution in [0.2, 0.25) is 0 Å². The summed E-state index contributed by atoms with van der Waals surface area (Å²) in [5.74, 6) is 1.30. The number of carbonyl (C=O) groups is 1. The average Bonchev–Trinajstić information content (AvgIpc) is 3.22. The molecule has 0 radical (unpaired) electrons. The van der Waals surface area contributed by atoms with Crippen molar-refractivity contribution in [2.75, 3.05) is 53.0 Å². The van der Waals surface area contributed by atoms with Crippen molar-refractivity contribution in [2.45, 2.75) is 30.2 Å². The number of hydrogen-bond acceptors (Lipinski definition) is 6. The van der Waals surface area contributed by atoms with Gasteiger partial charge in [-0.25, -0.2) is 8.42 Å². The van der Waals surface area contributed by atoms with Crippen LogP contribution in [0.5, 0.6) is 11.5 Å². The number of rotatable bonds is 4. The molecule has 9 heteroatoms. The monoisotopic (exact) mass is 485 g/mol. The second kappa shape index (κ2) is 9.56. The van der Waals surface area contributed by atoms with Crippen molar-refractivity contribution in [1.82, 2.24) is 14.1 Å². The summed E-state index contributed by atoms with van der Waals surface area (Å²) < 4.78 is 39.5. The van der Waals surface area contributed by atoms with Gasteiger partial charge in [-0.1, -0.05) is 12.1 Å². The fourth-order valence-electron chi connectivity index (χ4n) is 4.88. The van der Waals surface area contributed by atoms with Crippen LogP contribution in [0.15, 0.2) is 47.4 Å². The Kier molecular flexibility index (Phi) is 6.50. The topological polar surface area (TPSA) is 79.4 Å². The summed E-state index contributed by atoms with van der Waals surface area (Å²) in [5.41, 5.74) is 1.41. The molecule has 0 saturated carbocycles. The van der Waals surface area contributed by atoms with E-state index in [9.17, 15) is 13.2 Å². The summed E-state index contributed by atoms with van der Waals surface area (Å²) in [7, 11) is -1.65. The maximum Gasteiger partial charge on any atom is 0.254 e. The summed E-state index contributed by atoms with van der Waals surface area (Å²) in [4.78, 5) is 17.7. The van der Waals surface area contributed by atoms with E-state index in [0.29, 0.717) is 51.5 Å². The van der Waals surface area contributed by atoms with Crippen molar-refractivity contribution in [3.8, 4) is 11.5 Å². The first-order chi connectivity index (χ1) is 16.4. The number of carbonyl (C=O) groups excluding carboxylic acids is 1. The Morgan fingerprint density at radius 1 is 0.912 bits per heavy atom. The maximum absolute atomic E-state index is 13.5. The van der Waals surface area contributed by atoms with Crippen molar-refractivity contribution < 1.29 is 22.7 Å². The van der Waals surface area contributed by atoms with Gasteiger partial charge < -0.3 is 19.3 Å². The Morgan fingerprint density at radius 2 is 1.68 bits per heavy atom. The van der Waals surface area contributed by atoms with Gasteiger partial charge in [0.2, 0.25) is 10.0 Å². The number of piperazine rings is 1. The first-order valence-electron chi connectivity index (χ1n) is 11.9. The summed E-state index contributed by atoms with van der Waals surface area (Å²) in [5, 5.41) is 0. The highest BCUT2D eigenvalue weighted by molar-refractivity contribution is 7.89. The van der Waals surface area contributed by atoms with Crippen LogP contribution in [-0.4, -0.2) is 81.4 Å². The van der Waals surface area contributed by atoms with Gasteiger partial charge in [0, 0.05) is 44.7 Å². The number of benzene rings is 2. The molecule has 0 aliphatic carbocycles. The lowest BCUT2D eigenvalue weighted by atomic mass is 10.0. The molecule has 34 heavy (non-hydrogen) atoms. The van der Waals surface area contributed by atoms with E-state index in [4.69, 9.17) is 9.47 Å². The van der Waals surface area contributed by atoms with Crippen LogP contribution in [0.4, 0.5) is 0 Å². The summed E-state index contributed by atoms with van der Waals surface area (Å²) in [6.45, 7) is 4.18. The van der Waals surface area contributed by atoms with E-state index in [-0.39, 0.29) is 16.8 Å². The van der Waals surface area contributed by atoms with Gasteiger partial charge >= 0.3 is 0 Å². The number of ether oxygens (including phenoxy) is 2. The Labute approximate surface area is 201 Å². The molecule has 2 aromatic carbocycles. The predicted molar refractivity (Wildman–Crippen MR) is 128 cm³/mol. The van der Waals surface area contributed by atoms with Crippen molar-refractivity contribution >= 4 is 15.9 Å². The van der Waals surface area contributed by atoms with Gasteiger partial charge in [-0.3, -0.25) is 4.79 Å². The third-order valence-corrected chi connectivity index (χ3v) is 8.75. The molecule has 2 saturated heterocycles. The third-order valence-electron chi connectivity index (χ3n) is 6.85. The number of nitrogens with zero attached hydrogens (tertiary/aromatic N) is 3. The molecule has 1 unspecified atom stereocenters. The molecule has 1 atom stereocenters. The second-order valence-electron chi connectivity index (χ2n) is 9.15. The zero-order valence-electron chi connectivity index (χ0n) is 19.5. The van der Waals surface area contributed by atoms with Gasteiger partial charge in [0.05, 0.1) is 24.2 Å². The van der Waals surface area contributed by atoms with E-state index >= 15 is 0 Å². The molecule has 3 heterocycles. The van der Waals surface area contributed by atoms with Gasteiger partial charge in [-0.05, 0) is 55.8 Å². The third kappa shape index (κ3) is 4.52. The molecular formula is C25H31N3O5S. The lowest BCUT2D eigenvalue weighted by molar-refractivity contribution is 0.0735. The minimum Gasteiger partial charge on any atom is -0.490 e. The van der Waals surface area contributed by atoms with Gasteiger partial charge in [0.1, 0.15) is 0 Å². The number of fused-ring (bicyclic) bond motifs is 1. The van der Waals surface area contributed by atoms with E-state index in [2.05, 4.69) is 4.90 Å². The minimum absolute atomic E-state index is 0.0810. The highest BCUT2D eigenvalue weighted by Crippen LogP contribution is 2.38. The number of amides is 1. The van der Waals surface area contributed by atoms with Gasteiger partial charge in [0.15, 0.2) is 11.5 Å². The highest BCUT2D eigenvalue weighted by atomic mass is 32.2. The van der Waals surface area contributed by atoms with Crippen LogP contribution in [-0.2, 0) is 10.0 Å². The lowest BCUT2D eigenvalue weighted by Crippen LogP contribution is -2.47. The molecule has 5 rings (SSSR count). The fourth-order valence-corrected chi connectivity index (χ4v) is 6.35. The van der Waals surface area contributed by atoms with E-state index in [1.165, 1.54) is 10.4 Å². The molecule has 0 N–H and O–H groups in total. The SMILES string of the molecule is CN1CCN(S(=O)(=O)c2cccc(C(=O)N3CCCC3c3ccc4c(c3)OCCCO4)c2)CC1. The van der Waals surface area contributed by atoms with E-state index in [1.807, 2.05) is 30.1 Å². The molecule has 1 amide bonds. The Morgan fingerprint density at radius 3 is 2.47 bits per heavy atom. The predicted octanol–water partition coefficient (Wildman–Crippen LogP) is 2.76.